The van der Waals surface area contributed by atoms with Crippen molar-refractivity contribution in [1.29, 1.82) is 0 Å². The Bertz CT molecular complexity index is 816. The van der Waals surface area contributed by atoms with Crippen LogP contribution < -0.4 is 4.18 Å². The van der Waals surface area contributed by atoms with Crippen LogP contribution in [0.4, 0.5) is 0 Å². The second kappa shape index (κ2) is 5.33. The molecule has 0 amide bonds. The quantitative estimate of drug-likeness (QED) is 0.678. The number of tetrazole rings is 1. The van der Waals surface area contributed by atoms with E-state index in [0.717, 1.165) is 0 Å². The van der Waals surface area contributed by atoms with E-state index in [9.17, 15) is 8.42 Å². The van der Waals surface area contributed by atoms with E-state index < -0.39 is 10.1 Å². The maximum atomic E-state index is 12.1. The summed E-state index contributed by atoms with van der Waals surface area (Å²) in [6.45, 7) is 0. The summed E-state index contributed by atoms with van der Waals surface area (Å²) in [5, 5.41) is 10.8. The second-order valence-corrected chi connectivity index (χ2v) is 5.65. The smallest absolute Gasteiger partial charge is 0.339 e. The molecule has 0 fully saturated rings. The SMILES string of the molecule is O=S(=O)(Oc1ccc(-n2cnnn2)cc1)c1ccccc1. The van der Waals surface area contributed by atoms with Gasteiger partial charge in [-0.15, -0.1) is 5.10 Å². The van der Waals surface area contributed by atoms with E-state index in [1.54, 1.807) is 30.3 Å². The van der Waals surface area contributed by atoms with Gasteiger partial charge in [0.25, 0.3) is 0 Å². The van der Waals surface area contributed by atoms with Crippen LogP contribution in [0.5, 0.6) is 5.75 Å². The molecule has 106 valence electrons. The first-order valence-corrected chi connectivity index (χ1v) is 7.39. The largest absolute Gasteiger partial charge is 0.379 e. The summed E-state index contributed by atoms with van der Waals surface area (Å²) in [5.41, 5.74) is 0.699. The number of rotatable bonds is 4. The molecule has 0 saturated carbocycles. The Kier molecular flexibility index (Phi) is 3.36. The molecule has 0 bridgehead atoms. The zero-order valence-corrected chi connectivity index (χ0v) is 11.5. The molecule has 0 unspecified atom stereocenters. The molecule has 2 aromatic carbocycles. The molecule has 0 saturated heterocycles. The van der Waals surface area contributed by atoms with Crippen molar-refractivity contribution in [2.45, 2.75) is 4.90 Å². The summed E-state index contributed by atoms with van der Waals surface area (Å²) >= 11 is 0. The zero-order valence-electron chi connectivity index (χ0n) is 10.7. The normalized spacial score (nSPS) is 11.2. The highest BCUT2D eigenvalue weighted by molar-refractivity contribution is 7.87. The van der Waals surface area contributed by atoms with E-state index in [-0.39, 0.29) is 10.6 Å². The Balaban J connectivity index is 1.83. The van der Waals surface area contributed by atoms with Crippen molar-refractivity contribution in [2.75, 3.05) is 0 Å². The van der Waals surface area contributed by atoms with Crippen LogP contribution in [0.3, 0.4) is 0 Å². The van der Waals surface area contributed by atoms with Crippen LogP contribution in [0.1, 0.15) is 0 Å². The summed E-state index contributed by atoms with van der Waals surface area (Å²) in [5.74, 6) is 0.218. The minimum Gasteiger partial charge on any atom is -0.379 e. The van der Waals surface area contributed by atoms with Crippen LogP contribution in [-0.4, -0.2) is 28.6 Å². The lowest BCUT2D eigenvalue weighted by molar-refractivity contribution is 0.486. The highest BCUT2D eigenvalue weighted by Gasteiger charge is 2.15. The third-order valence-corrected chi connectivity index (χ3v) is 3.95. The van der Waals surface area contributed by atoms with Gasteiger partial charge in [0.05, 0.1) is 5.69 Å². The molecule has 0 radical (unpaired) electrons. The van der Waals surface area contributed by atoms with Crippen LogP contribution in [0, 0.1) is 0 Å². The maximum Gasteiger partial charge on any atom is 0.339 e. The fourth-order valence-corrected chi connectivity index (χ4v) is 2.65. The molecule has 0 aliphatic heterocycles. The Hall–Kier alpha value is -2.74. The standard InChI is InChI=1S/C13H10N4O3S/c18-21(19,13-4-2-1-3-5-13)20-12-8-6-11(7-9-12)17-10-14-15-16-17/h1-10H. The van der Waals surface area contributed by atoms with Crippen molar-refractivity contribution >= 4 is 10.1 Å². The van der Waals surface area contributed by atoms with E-state index in [1.807, 2.05) is 0 Å². The lowest BCUT2D eigenvalue weighted by atomic mass is 10.3. The van der Waals surface area contributed by atoms with Gasteiger partial charge in [0, 0.05) is 0 Å². The van der Waals surface area contributed by atoms with Crippen LogP contribution in [0.25, 0.3) is 5.69 Å². The fourth-order valence-electron chi connectivity index (χ4n) is 1.70. The third-order valence-electron chi connectivity index (χ3n) is 2.69. The molecule has 3 rings (SSSR count). The van der Waals surface area contributed by atoms with Gasteiger partial charge in [-0.2, -0.15) is 8.42 Å². The fraction of sp³-hybridized carbons (Fsp3) is 0. The molecule has 1 heterocycles. The van der Waals surface area contributed by atoms with Crippen molar-refractivity contribution in [1.82, 2.24) is 20.2 Å². The minimum absolute atomic E-state index is 0.106. The van der Waals surface area contributed by atoms with E-state index in [4.69, 9.17) is 4.18 Å². The average molecular weight is 302 g/mol. The zero-order chi connectivity index (χ0) is 14.7. The predicted molar refractivity (Wildman–Crippen MR) is 73.4 cm³/mol. The maximum absolute atomic E-state index is 12.1. The first-order valence-electron chi connectivity index (χ1n) is 5.98. The van der Waals surface area contributed by atoms with Crippen LogP contribution in [0.15, 0.2) is 65.8 Å². The van der Waals surface area contributed by atoms with E-state index in [2.05, 4.69) is 15.5 Å². The van der Waals surface area contributed by atoms with Gasteiger partial charge in [-0.25, -0.2) is 4.68 Å². The molecule has 0 aliphatic rings. The van der Waals surface area contributed by atoms with Crippen molar-refractivity contribution in [3.8, 4) is 11.4 Å². The van der Waals surface area contributed by atoms with Gasteiger partial charge in [0.15, 0.2) is 0 Å². The molecular weight excluding hydrogens is 292 g/mol. The summed E-state index contributed by atoms with van der Waals surface area (Å²) in [6.07, 6.45) is 1.44. The van der Waals surface area contributed by atoms with Gasteiger partial charge in [-0.1, -0.05) is 18.2 Å². The molecule has 0 N–H and O–H groups in total. The number of nitrogens with zero attached hydrogens (tertiary/aromatic N) is 4. The van der Waals surface area contributed by atoms with E-state index in [0.29, 0.717) is 5.69 Å². The summed E-state index contributed by atoms with van der Waals surface area (Å²) in [6, 6.07) is 14.4. The summed E-state index contributed by atoms with van der Waals surface area (Å²) in [7, 11) is -3.83. The molecule has 0 aliphatic carbocycles. The molecular formula is C13H10N4O3S. The van der Waals surface area contributed by atoms with Gasteiger partial charge in [-0.3, -0.25) is 0 Å². The molecule has 3 aromatic rings. The summed E-state index contributed by atoms with van der Waals surface area (Å²) < 4.78 is 30.6. The molecule has 21 heavy (non-hydrogen) atoms. The average Bonchev–Trinajstić information content (AvgIpc) is 3.03. The lowest BCUT2D eigenvalue weighted by Gasteiger charge is -2.07. The first kappa shape index (κ1) is 13.3. The van der Waals surface area contributed by atoms with Gasteiger partial charge in [-0.05, 0) is 46.8 Å². The topological polar surface area (TPSA) is 87.0 Å². The van der Waals surface area contributed by atoms with Crippen molar-refractivity contribution in [3.05, 3.63) is 60.9 Å². The van der Waals surface area contributed by atoms with Crippen LogP contribution in [-0.2, 0) is 10.1 Å². The number of benzene rings is 2. The molecule has 8 heteroatoms. The van der Waals surface area contributed by atoms with E-state index in [1.165, 1.54) is 35.3 Å². The van der Waals surface area contributed by atoms with Crippen LogP contribution >= 0.6 is 0 Å². The second-order valence-electron chi connectivity index (χ2n) is 4.10. The predicted octanol–water partition coefficient (Wildman–Crippen LogP) is 1.43. The minimum atomic E-state index is -3.83. The van der Waals surface area contributed by atoms with Crippen LogP contribution in [0.2, 0.25) is 0 Å². The molecule has 1 aromatic heterocycles. The van der Waals surface area contributed by atoms with Crippen molar-refractivity contribution < 1.29 is 12.6 Å². The Morgan fingerprint density at radius 1 is 0.952 bits per heavy atom. The number of hydrogen-bond donors (Lipinski definition) is 0. The lowest BCUT2D eigenvalue weighted by Crippen LogP contribution is -2.09. The van der Waals surface area contributed by atoms with Gasteiger partial charge < -0.3 is 4.18 Å². The Labute approximate surface area is 120 Å². The molecule has 7 nitrogen and oxygen atoms in total. The van der Waals surface area contributed by atoms with Gasteiger partial charge >= 0.3 is 10.1 Å². The van der Waals surface area contributed by atoms with Crippen molar-refractivity contribution in [3.63, 3.8) is 0 Å². The molecule has 0 atom stereocenters. The van der Waals surface area contributed by atoms with Gasteiger partial charge in [0.2, 0.25) is 0 Å². The van der Waals surface area contributed by atoms with Crippen molar-refractivity contribution in [2.24, 2.45) is 0 Å². The Morgan fingerprint density at radius 2 is 1.67 bits per heavy atom. The monoisotopic (exact) mass is 302 g/mol. The third kappa shape index (κ3) is 2.90. The highest BCUT2D eigenvalue weighted by Crippen LogP contribution is 2.19. The molecule has 0 spiro atoms. The Morgan fingerprint density at radius 3 is 2.29 bits per heavy atom. The first-order chi connectivity index (χ1) is 10.1. The summed E-state index contributed by atoms with van der Waals surface area (Å²) in [4.78, 5) is 0.106. The highest BCUT2D eigenvalue weighted by atomic mass is 32.2. The van der Waals surface area contributed by atoms with Gasteiger partial charge in [0.1, 0.15) is 17.0 Å². The number of aromatic nitrogens is 4. The number of hydrogen-bond acceptors (Lipinski definition) is 6. The van der Waals surface area contributed by atoms with E-state index >= 15 is 0 Å².